The van der Waals surface area contributed by atoms with Crippen LogP contribution in [0.25, 0.3) is 86.7 Å². The van der Waals surface area contributed by atoms with E-state index in [1.165, 1.54) is 48.1 Å². The van der Waals surface area contributed by atoms with Gasteiger partial charge >= 0.3 is 0 Å². The van der Waals surface area contributed by atoms with Crippen molar-refractivity contribution in [1.82, 2.24) is 19.1 Å². The third kappa shape index (κ3) is 4.36. The van der Waals surface area contributed by atoms with Gasteiger partial charge in [-0.1, -0.05) is 93.6 Å². The second kappa shape index (κ2) is 10.4. The molecule has 234 valence electrons. The van der Waals surface area contributed by atoms with Crippen LogP contribution in [-0.2, 0) is 5.41 Å². The van der Waals surface area contributed by atoms with Gasteiger partial charge in [0.25, 0.3) is 0 Å². The number of hydrogen-bond acceptors (Lipinski definition) is 3. The number of pyridine rings is 1. The molecular formula is C44H32N4S. The van der Waals surface area contributed by atoms with Crippen LogP contribution >= 0.6 is 11.3 Å². The van der Waals surface area contributed by atoms with Crippen molar-refractivity contribution in [3.8, 4) is 22.1 Å². The molecular weight excluding hydrogens is 617 g/mol. The summed E-state index contributed by atoms with van der Waals surface area (Å²) in [4.78, 5) is 9.96. The van der Waals surface area contributed by atoms with Gasteiger partial charge in [0.05, 0.1) is 32.3 Å². The zero-order valence-electron chi connectivity index (χ0n) is 27.5. The third-order valence-corrected chi connectivity index (χ3v) is 11.0. The predicted molar refractivity (Wildman–Crippen MR) is 208 cm³/mol. The van der Waals surface area contributed by atoms with Crippen LogP contribution in [0.4, 0.5) is 0 Å². The molecule has 0 spiro atoms. The van der Waals surface area contributed by atoms with Gasteiger partial charge in [0.1, 0.15) is 10.8 Å². The van der Waals surface area contributed by atoms with Crippen LogP contribution < -0.4 is 0 Å². The number of nitrogens with zero attached hydrogens (tertiary/aromatic N) is 4. The zero-order valence-corrected chi connectivity index (χ0v) is 28.3. The van der Waals surface area contributed by atoms with Crippen molar-refractivity contribution in [3.63, 3.8) is 0 Å². The summed E-state index contributed by atoms with van der Waals surface area (Å²) in [7, 11) is 0. The van der Waals surface area contributed by atoms with Crippen molar-refractivity contribution in [1.29, 1.82) is 0 Å². The van der Waals surface area contributed by atoms with Gasteiger partial charge in [0.2, 0.25) is 0 Å². The second-order valence-corrected chi connectivity index (χ2v) is 15.0. The minimum Gasteiger partial charge on any atom is -0.309 e. The zero-order chi connectivity index (χ0) is 32.9. The number of rotatable bonds is 3. The van der Waals surface area contributed by atoms with E-state index in [2.05, 4.69) is 163 Å². The molecule has 5 heteroatoms. The van der Waals surface area contributed by atoms with E-state index in [9.17, 15) is 0 Å². The number of aromatic nitrogens is 4. The van der Waals surface area contributed by atoms with Gasteiger partial charge < -0.3 is 4.57 Å². The molecule has 6 aromatic carbocycles. The number of thiazole rings is 1. The van der Waals surface area contributed by atoms with E-state index in [0.29, 0.717) is 0 Å². The van der Waals surface area contributed by atoms with Crippen LogP contribution in [0.5, 0.6) is 0 Å². The summed E-state index contributed by atoms with van der Waals surface area (Å²) in [5.41, 5.74) is 9.18. The van der Waals surface area contributed by atoms with Gasteiger partial charge in [0, 0.05) is 39.0 Å². The van der Waals surface area contributed by atoms with Crippen LogP contribution in [0.3, 0.4) is 0 Å². The highest BCUT2D eigenvalue weighted by atomic mass is 32.1. The molecule has 0 unspecified atom stereocenters. The van der Waals surface area contributed by atoms with Gasteiger partial charge in [-0.15, -0.1) is 11.3 Å². The van der Waals surface area contributed by atoms with Gasteiger partial charge in [-0.05, 0) is 82.4 Å². The molecule has 10 aromatic rings. The fourth-order valence-electron chi connectivity index (χ4n) is 7.46. The molecule has 49 heavy (non-hydrogen) atoms. The maximum Gasteiger partial charge on any atom is 0.137 e. The standard InChI is InChI=1S/C44H32N4S/c1-44(2,3)30-20-21-45-42(25-30)48-37-14-8-6-12-32(37)33-19-17-31(26-40(33)48)47-38-24-29(43-46-36-13-7-9-15-41(36)49-43)16-18-34(38)35-22-27-10-4-5-11-28(27)23-39(35)47/h4-26H,1-3H3. The number of para-hydroxylation sites is 2. The molecule has 0 bridgehead atoms. The first kappa shape index (κ1) is 28.3. The first-order chi connectivity index (χ1) is 23.9. The Morgan fingerprint density at radius 2 is 1.24 bits per heavy atom. The van der Waals surface area contributed by atoms with E-state index in [1.54, 1.807) is 11.3 Å². The summed E-state index contributed by atoms with van der Waals surface area (Å²) in [5, 5.41) is 8.40. The lowest BCUT2D eigenvalue weighted by Gasteiger charge is -2.20. The molecule has 0 saturated heterocycles. The largest absolute Gasteiger partial charge is 0.309 e. The molecule has 0 aliphatic rings. The van der Waals surface area contributed by atoms with Crippen LogP contribution in [-0.4, -0.2) is 19.1 Å². The molecule has 4 aromatic heterocycles. The lowest BCUT2D eigenvalue weighted by atomic mass is 9.88. The average Bonchev–Trinajstić information content (AvgIpc) is 3.80. The maximum absolute atomic E-state index is 5.02. The molecule has 0 atom stereocenters. The van der Waals surface area contributed by atoms with Gasteiger partial charge in [-0.3, -0.25) is 4.57 Å². The van der Waals surface area contributed by atoms with Crippen LogP contribution in [0.1, 0.15) is 26.3 Å². The minimum absolute atomic E-state index is 0.00827. The van der Waals surface area contributed by atoms with E-state index in [0.717, 1.165) is 44.1 Å². The van der Waals surface area contributed by atoms with Crippen molar-refractivity contribution in [2.24, 2.45) is 0 Å². The Labute approximate surface area is 287 Å². The molecule has 4 nitrogen and oxygen atoms in total. The highest BCUT2D eigenvalue weighted by molar-refractivity contribution is 7.21. The summed E-state index contributed by atoms with van der Waals surface area (Å²) in [5.74, 6) is 0.933. The fourth-order valence-corrected chi connectivity index (χ4v) is 8.42. The molecule has 0 saturated carbocycles. The Hall–Kier alpha value is -5.78. The number of fused-ring (bicyclic) bond motifs is 8. The van der Waals surface area contributed by atoms with Crippen LogP contribution in [0.2, 0.25) is 0 Å². The lowest BCUT2D eigenvalue weighted by Crippen LogP contribution is -2.12. The SMILES string of the molecule is CC(C)(C)c1ccnc(-n2c3ccccc3c3ccc(-n4c5cc(-c6nc7ccccc7s6)ccc5c5cc6ccccc6cc54)cc32)c1. The van der Waals surface area contributed by atoms with Crippen molar-refractivity contribution in [2.75, 3.05) is 0 Å². The first-order valence-corrected chi connectivity index (χ1v) is 17.6. The van der Waals surface area contributed by atoms with E-state index in [1.807, 2.05) is 6.20 Å². The third-order valence-electron chi connectivity index (χ3n) is 9.93. The summed E-state index contributed by atoms with van der Waals surface area (Å²) < 4.78 is 5.97. The highest BCUT2D eigenvalue weighted by Gasteiger charge is 2.20. The first-order valence-electron chi connectivity index (χ1n) is 16.7. The van der Waals surface area contributed by atoms with E-state index in [-0.39, 0.29) is 5.41 Å². The smallest absolute Gasteiger partial charge is 0.137 e. The van der Waals surface area contributed by atoms with Crippen molar-refractivity contribution in [2.45, 2.75) is 26.2 Å². The van der Waals surface area contributed by atoms with Crippen molar-refractivity contribution < 1.29 is 0 Å². The predicted octanol–water partition coefficient (Wildman–Crippen LogP) is 12.0. The summed E-state index contributed by atoms with van der Waals surface area (Å²) >= 11 is 1.75. The monoisotopic (exact) mass is 648 g/mol. The Bertz CT molecular complexity index is 2900. The molecule has 0 radical (unpaired) electrons. The average molecular weight is 649 g/mol. The Morgan fingerprint density at radius 1 is 0.551 bits per heavy atom. The molecule has 0 aliphatic heterocycles. The fraction of sp³-hybridized carbons (Fsp3) is 0.0909. The summed E-state index contributed by atoms with van der Waals surface area (Å²) in [6.45, 7) is 6.76. The molecule has 0 fully saturated rings. The van der Waals surface area contributed by atoms with Crippen LogP contribution in [0.15, 0.2) is 140 Å². The second-order valence-electron chi connectivity index (χ2n) is 14.0. The van der Waals surface area contributed by atoms with E-state index >= 15 is 0 Å². The number of benzene rings is 6. The van der Waals surface area contributed by atoms with Crippen molar-refractivity contribution >= 4 is 75.9 Å². The topological polar surface area (TPSA) is 35.6 Å². The van der Waals surface area contributed by atoms with Crippen LogP contribution in [0, 0.1) is 0 Å². The normalized spacial score (nSPS) is 12.4. The van der Waals surface area contributed by atoms with E-state index < -0.39 is 0 Å². The quantitative estimate of drug-likeness (QED) is 0.191. The van der Waals surface area contributed by atoms with Crippen molar-refractivity contribution in [3.05, 3.63) is 145 Å². The Balaban J connectivity index is 1.28. The van der Waals surface area contributed by atoms with E-state index in [4.69, 9.17) is 9.97 Å². The summed E-state index contributed by atoms with van der Waals surface area (Å²) in [6, 6.07) is 48.5. The van der Waals surface area contributed by atoms with Gasteiger partial charge in [-0.2, -0.15) is 0 Å². The summed E-state index contributed by atoms with van der Waals surface area (Å²) in [6.07, 6.45) is 1.95. The lowest BCUT2D eigenvalue weighted by molar-refractivity contribution is 0.588. The Morgan fingerprint density at radius 3 is 2.10 bits per heavy atom. The van der Waals surface area contributed by atoms with Gasteiger partial charge in [0.15, 0.2) is 0 Å². The Kier molecular flexibility index (Phi) is 5.97. The maximum atomic E-state index is 5.02. The highest BCUT2D eigenvalue weighted by Crippen LogP contribution is 2.40. The minimum atomic E-state index is 0.00827. The molecule has 4 heterocycles. The molecule has 0 amide bonds. The number of hydrogen-bond donors (Lipinski definition) is 0. The molecule has 0 N–H and O–H groups in total. The molecule has 10 rings (SSSR count). The van der Waals surface area contributed by atoms with Gasteiger partial charge in [-0.25, -0.2) is 9.97 Å². The molecule has 0 aliphatic carbocycles.